The third-order valence-electron chi connectivity index (χ3n) is 3.70. The summed E-state index contributed by atoms with van der Waals surface area (Å²) >= 11 is 6.11. The van der Waals surface area contributed by atoms with Gasteiger partial charge >= 0.3 is 0 Å². The summed E-state index contributed by atoms with van der Waals surface area (Å²) in [6.45, 7) is 2.51. The molecule has 2 N–H and O–H groups in total. The zero-order chi connectivity index (χ0) is 17.6. The number of hydrogen-bond acceptors (Lipinski definition) is 3. The van der Waals surface area contributed by atoms with Crippen molar-refractivity contribution >= 4 is 29.0 Å². The summed E-state index contributed by atoms with van der Waals surface area (Å²) in [6, 6.07) is 19.0. The molecule has 0 aliphatic carbocycles. The minimum Gasteiger partial charge on any atom is -0.348 e. The maximum atomic E-state index is 12.2. The zero-order valence-corrected chi connectivity index (χ0v) is 14.5. The Kier molecular flexibility index (Phi) is 5.31. The van der Waals surface area contributed by atoms with Crippen molar-refractivity contribution in [2.75, 3.05) is 5.32 Å². The topological polar surface area (TPSA) is 54.0 Å². The quantitative estimate of drug-likeness (QED) is 0.699. The van der Waals surface area contributed by atoms with Crippen LogP contribution in [0.3, 0.4) is 0 Å². The van der Waals surface area contributed by atoms with Crippen molar-refractivity contribution in [1.82, 2.24) is 10.3 Å². The summed E-state index contributed by atoms with van der Waals surface area (Å²) in [6.07, 6.45) is 1.55. The van der Waals surface area contributed by atoms with Crippen LogP contribution in [0.5, 0.6) is 0 Å². The first-order chi connectivity index (χ1) is 12.1. The van der Waals surface area contributed by atoms with Gasteiger partial charge in [-0.2, -0.15) is 0 Å². The van der Waals surface area contributed by atoms with E-state index in [2.05, 4.69) is 21.7 Å². The number of para-hydroxylation sites is 1. The Bertz CT molecular complexity index is 878. The highest BCUT2D eigenvalue weighted by Crippen LogP contribution is 2.23. The lowest BCUT2D eigenvalue weighted by Gasteiger charge is -2.09. The van der Waals surface area contributed by atoms with E-state index in [-0.39, 0.29) is 5.91 Å². The standard InChI is InChI=1S/C20H18ClN3O/c1-14-5-4-6-15(11-14)12-23-20(25)16-9-10-19(22-13-16)24-18-8-3-2-7-17(18)21/h2-11,13H,12H2,1H3,(H,22,24)(H,23,25). The Morgan fingerprint density at radius 2 is 1.92 bits per heavy atom. The second-order valence-corrected chi connectivity index (χ2v) is 6.12. The maximum Gasteiger partial charge on any atom is 0.253 e. The van der Waals surface area contributed by atoms with Gasteiger partial charge < -0.3 is 10.6 Å². The third-order valence-corrected chi connectivity index (χ3v) is 4.03. The SMILES string of the molecule is Cc1cccc(CNC(=O)c2ccc(Nc3ccccc3Cl)nc2)c1. The predicted molar refractivity (Wildman–Crippen MR) is 101 cm³/mol. The number of aromatic nitrogens is 1. The highest BCUT2D eigenvalue weighted by molar-refractivity contribution is 6.33. The van der Waals surface area contributed by atoms with Gasteiger partial charge in [-0.3, -0.25) is 4.79 Å². The molecular weight excluding hydrogens is 334 g/mol. The van der Waals surface area contributed by atoms with Gasteiger partial charge in [0.15, 0.2) is 0 Å². The fourth-order valence-corrected chi connectivity index (χ4v) is 2.59. The number of rotatable bonds is 5. The number of aryl methyl sites for hydroxylation is 1. The number of carbonyl (C=O) groups is 1. The van der Waals surface area contributed by atoms with Crippen molar-refractivity contribution in [2.24, 2.45) is 0 Å². The third kappa shape index (κ3) is 4.58. The molecule has 2 aromatic carbocycles. The molecule has 0 spiro atoms. The predicted octanol–water partition coefficient (Wildman–Crippen LogP) is 4.72. The number of halogens is 1. The van der Waals surface area contributed by atoms with E-state index in [1.54, 1.807) is 24.4 Å². The second kappa shape index (κ2) is 7.81. The molecule has 0 unspecified atom stereocenters. The number of nitrogens with one attached hydrogen (secondary N) is 2. The van der Waals surface area contributed by atoms with Crippen LogP contribution in [-0.2, 0) is 6.54 Å². The molecule has 1 aromatic heterocycles. The van der Waals surface area contributed by atoms with Gasteiger partial charge in [-0.1, -0.05) is 53.6 Å². The molecule has 4 nitrogen and oxygen atoms in total. The molecular formula is C20H18ClN3O. The first kappa shape index (κ1) is 17.0. The Labute approximate surface area is 151 Å². The molecule has 1 heterocycles. The van der Waals surface area contributed by atoms with Crippen molar-refractivity contribution in [1.29, 1.82) is 0 Å². The summed E-state index contributed by atoms with van der Waals surface area (Å²) in [4.78, 5) is 16.5. The summed E-state index contributed by atoms with van der Waals surface area (Å²) < 4.78 is 0. The monoisotopic (exact) mass is 351 g/mol. The number of carbonyl (C=O) groups excluding carboxylic acids is 1. The lowest BCUT2D eigenvalue weighted by molar-refractivity contribution is 0.0950. The molecule has 0 saturated heterocycles. The van der Waals surface area contributed by atoms with Gasteiger partial charge in [-0.05, 0) is 36.8 Å². The second-order valence-electron chi connectivity index (χ2n) is 5.71. The summed E-state index contributed by atoms with van der Waals surface area (Å²) in [7, 11) is 0. The number of anilines is 2. The fraction of sp³-hybridized carbons (Fsp3) is 0.100. The summed E-state index contributed by atoms with van der Waals surface area (Å²) in [5.74, 6) is 0.474. The molecule has 5 heteroatoms. The van der Waals surface area contributed by atoms with Crippen molar-refractivity contribution in [3.8, 4) is 0 Å². The molecule has 25 heavy (non-hydrogen) atoms. The normalized spacial score (nSPS) is 10.3. The van der Waals surface area contributed by atoms with E-state index in [1.165, 1.54) is 5.56 Å². The molecule has 0 radical (unpaired) electrons. The van der Waals surface area contributed by atoms with Crippen LogP contribution in [0.25, 0.3) is 0 Å². The molecule has 0 fully saturated rings. The Balaban J connectivity index is 1.61. The average Bonchev–Trinajstić information content (AvgIpc) is 2.62. The molecule has 1 amide bonds. The van der Waals surface area contributed by atoms with Gasteiger partial charge in [0.2, 0.25) is 0 Å². The Hall–Kier alpha value is -2.85. The average molecular weight is 352 g/mol. The number of pyridine rings is 1. The molecule has 126 valence electrons. The maximum absolute atomic E-state index is 12.2. The van der Waals surface area contributed by atoms with E-state index in [1.807, 2.05) is 43.3 Å². The first-order valence-corrected chi connectivity index (χ1v) is 8.31. The molecule has 3 rings (SSSR count). The van der Waals surface area contributed by atoms with Crippen LogP contribution in [0.1, 0.15) is 21.5 Å². The van der Waals surface area contributed by atoms with E-state index in [0.717, 1.165) is 11.3 Å². The van der Waals surface area contributed by atoms with Crippen molar-refractivity contribution in [3.05, 3.63) is 88.6 Å². The molecule has 0 bridgehead atoms. The number of amides is 1. The van der Waals surface area contributed by atoms with Crippen LogP contribution in [0, 0.1) is 6.92 Å². The van der Waals surface area contributed by atoms with Gasteiger partial charge in [0, 0.05) is 12.7 Å². The van der Waals surface area contributed by atoms with E-state index in [4.69, 9.17) is 11.6 Å². The zero-order valence-electron chi connectivity index (χ0n) is 13.8. The highest BCUT2D eigenvalue weighted by atomic mass is 35.5. The van der Waals surface area contributed by atoms with Crippen LogP contribution in [-0.4, -0.2) is 10.9 Å². The van der Waals surface area contributed by atoms with E-state index in [0.29, 0.717) is 22.9 Å². The largest absolute Gasteiger partial charge is 0.348 e. The Morgan fingerprint density at radius 1 is 1.08 bits per heavy atom. The van der Waals surface area contributed by atoms with Crippen molar-refractivity contribution in [2.45, 2.75) is 13.5 Å². The molecule has 0 aliphatic rings. The molecule has 0 saturated carbocycles. The van der Waals surface area contributed by atoms with Crippen molar-refractivity contribution in [3.63, 3.8) is 0 Å². The lowest BCUT2D eigenvalue weighted by Crippen LogP contribution is -2.22. The van der Waals surface area contributed by atoms with Crippen LogP contribution in [0.4, 0.5) is 11.5 Å². The molecule has 0 atom stereocenters. The van der Waals surface area contributed by atoms with Crippen molar-refractivity contribution < 1.29 is 4.79 Å². The minimum absolute atomic E-state index is 0.154. The summed E-state index contributed by atoms with van der Waals surface area (Å²) in [5, 5.41) is 6.64. The van der Waals surface area contributed by atoms with E-state index >= 15 is 0 Å². The van der Waals surface area contributed by atoms with Gasteiger partial charge in [0.25, 0.3) is 5.91 Å². The van der Waals surface area contributed by atoms with E-state index in [9.17, 15) is 4.79 Å². The van der Waals surface area contributed by atoms with Crippen LogP contribution in [0.15, 0.2) is 66.9 Å². The van der Waals surface area contributed by atoms with Gasteiger partial charge in [0.1, 0.15) is 5.82 Å². The highest BCUT2D eigenvalue weighted by Gasteiger charge is 2.07. The van der Waals surface area contributed by atoms with Gasteiger partial charge in [-0.25, -0.2) is 4.98 Å². The first-order valence-electron chi connectivity index (χ1n) is 7.93. The number of nitrogens with zero attached hydrogens (tertiary/aromatic N) is 1. The molecule has 0 aliphatic heterocycles. The van der Waals surface area contributed by atoms with Crippen LogP contribution < -0.4 is 10.6 Å². The molecule has 3 aromatic rings. The smallest absolute Gasteiger partial charge is 0.253 e. The minimum atomic E-state index is -0.154. The Morgan fingerprint density at radius 3 is 2.64 bits per heavy atom. The number of hydrogen-bond donors (Lipinski definition) is 2. The number of benzene rings is 2. The van der Waals surface area contributed by atoms with Crippen LogP contribution >= 0.6 is 11.6 Å². The van der Waals surface area contributed by atoms with Gasteiger partial charge in [-0.15, -0.1) is 0 Å². The van der Waals surface area contributed by atoms with Crippen LogP contribution in [0.2, 0.25) is 5.02 Å². The summed E-state index contributed by atoms with van der Waals surface area (Å²) in [5.41, 5.74) is 3.52. The fourth-order valence-electron chi connectivity index (χ4n) is 2.41. The van der Waals surface area contributed by atoms with E-state index < -0.39 is 0 Å². The van der Waals surface area contributed by atoms with Gasteiger partial charge in [0.05, 0.1) is 16.3 Å². The lowest BCUT2D eigenvalue weighted by atomic mass is 10.1.